The molecule has 0 aliphatic carbocycles. The van der Waals surface area contributed by atoms with Crippen LogP contribution < -0.4 is 16.8 Å². The minimum absolute atomic E-state index is 0.350. The summed E-state index contributed by atoms with van der Waals surface area (Å²) in [5.74, 6) is -0.0815. The lowest BCUT2D eigenvalue weighted by Gasteiger charge is -2.10. The van der Waals surface area contributed by atoms with Crippen molar-refractivity contribution in [2.45, 2.75) is 6.92 Å². The van der Waals surface area contributed by atoms with E-state index in [0.29, 0.717) is 17.1 Å². The zero-order valence-electron chi connectivity index (χ0n) is 9.97. The number of benzene rings is 1. The van der Waals surface area contributed by atoms with E-state index >= 15 is 0 Å². The Hall–Kier alpha value is -2.56. The molecule has 1 amide bonds. The molecular weight excluding hydrogens is 228 g/mol. The van der Waals surface area contributed by atoms with E-state index < -0.39 is 5.91 Å². The van der Waals surface area contributed by atoms with Crippen molar-refractivity contribution in [3.63, 3.8) is 0 Å². The molecule has 5 nitrogen and oxygen atoms in total. The van der Waals surface area contributed by atoms with Gasteiger partial charge in [-0.05, 0) is 37.3 Å². The highest BCUT2D eigenvalue weighted by atomic mass is 16.1. The highest BCUT2D eigenvalue weighted by molar-refractivity contribution is 5.98. The number of rotatable bonds is 3. The maximum Gasteiger partial charge on any atom is 0.252 e. The summed E-state index contributed by atoms with van der Waals surface area (Å²) in [4.78, 5) is 15.6. The van der Waals surface area contributed by atoms with Crippen molar-refractivity contribution in [3.8, 4) is 0 Å². The smallest absolute Gasteiger partial charge is 0.252 e. The van der Waals surface area contributed by atoms with Gasteiger partial charge in [0.1, 0.15) is 5.82 Å². The summed E-state index contributed by atoms with van der Waals surface area (Å²) in [5.41, 5.74) is 13.5. The Morgan fingerprint density at radius 2 is 2.06 bits per heavy atom. The van der Waals surface area contributed by atoms with E-state index in [1.165, 1.54) is 0 Å². The van der Waals surface area contributed by atoms with Gasteiger partial charge < -0.3 is 16.8 Å². The normalized spacial score (nSPS) is 10.1. The average molecular weight is 242 g/mol. The Bertz CT molecular complexity index is 595. The predicted molar refractivity (Wildman–Crippen MR) is 71.6 cm³/mol. The molecule has 5 N–H and O–H groups in total. The largest absolute Gasteiger partial charge is 0.399 e. The number of pyridine rings is 1. The number of aryl methyl sites for hydroxylation is 1. The lowest BCUT2D eigenvalue weighted by molar-refractivity contribution is 0.100. The Balaban J connectivity index is 2.39. The summed E-state index contributed by atoms with van der Waals surface area (Å²) >= 11 is 0. The first-order valence-electron chi connectivity index (χ1n) is 5.46. The molecule has 0 bridgehead atoms. The number of carbonyl (C=O) groups is 1. The maximum absolute atomic E-state index is 11.3. The fourth-order valence-electron chi connectivity index (χ4n) is 1.60. The quantitative estimate of drug-likeness (QED) is 0.715. The Labute approximate surface area is 105 Å². The molecule has 0 fully saturated rings. The van der Waals surface area contributed by atoms with Gasteiger partial charge in [0.25, 0.3) is 5.91 Å². The van der Waals surface area contributed by atoms with E-state index in [0.717, 1.165) is 11.4 Å². The third-order valence-corrected chi connectivity index (χ3v) is 2.45. The van der Waals surface area contributed by atoms with Crippen LogP contribution in [-0.4, -0.2) is 10.9 Å². The SMILES string of the molecule is Cc1ccc(C(N)=O)c(Nc2cccc(N)c2)n1. The number of carbonyl (C=O) groups excluding carboxylic acids is 1. The summed E-state index contributed by atoms with van der Waals surface area (Å²) < 4.78 is 0. The lowest BCUT2D eigenvalue weighted by Crippen LogP contribution is -2.14. The van der Waals surface area contributed by atoms with Crippen LogP contribution in [0, 0.1) is 6.92 Å². The Kier molecular flexibility index (Phi) is 3.14. The van der Waals surface area contributed by atoms with Gasteiger partial charge in [-0.25, -0.2) is 4.98 Å². The molecule has 5 heteroatoms. The Morgan fingerprint density at radius 1 is 1.28 bits per heavy atom. The molecule has 0 saturated carbocycles. The summed E-state index contributed by atoms with van der Waals surface area (Å²) in [7, 11) is 0. The molecule has 1 aromatic carbocycles. The molecule has 0 aliphatic rings. The molecule has 1 aromatic heterocycles. The van der Waals surface area contributed by atoms with Crippen LogP contribution in [0.3, 0.4) is 0 Å². The van der Waals surface area contributed by atoms with Crippen LogP contribution in [0.5, 0.6) is 0 Å². The van der Waals surface area contributed by atoms with Gasteiger partial charge in [0, 0.05) is 17.1 Å². The van der Waals surface area contributed by atoms with Crippen molar-refractivity contribution in [2.75, 3.05) is 11.1 Å². The lowest BCUT2D eigenvalue weighted by atomic mass is 10.2. The molecule has 2 aromatic rings. The molecule has 2 rings (SSSR count). The molecule has 0 saturated heterocycles. The number of amides is 1. The molecule has 0 aliphatic heterocycles. The van der Waals surface area contributed by atoms with Crippen molar-refractivity contribution in [1.82, 2.24) is 4.98 Å². The predicted octanol–water partition coefficient (Wildman–Crippen LogP) is 1.81. The molecule has 92 valence electrons. The zero-order chi connectivity index (χ0) is 13.1. The van der Waals surface area contributed by atoms with Crippen LogP contribution in [0.25, 0.3) is 0 Å². The van der Waals surface area contributed by atoms with Gasteiger partial charge in [0.15, 0.2) is 0 Å². The second kappa shape index (κ2) is 4.75. The van der Waals surface area contributed by atoms with Crippen LogP contribution in [0.2, 0.25) is 0 Å². The molecule has 0 spiro atoms. The van der Waals surface area contributed by atoms with Gasteiger partial charge in [0.05, 0.1) is 5.56 Å². The van der Waals surface area contributed by atoms with E-state index in [2.05, 4.69) is 10.3 Å². The first-order chi connectivity index (χ1) is 8.56. The van der Waals surface area contributed by atoms with Crippen molar-refractivity contribution in [3.05, 3.63) is 47.7 Å². The minimum Gasteiger partial charge on any atom is -0.399 e. The van der Waals surface area contributed by atoms with Gasteiger partial charge in [-0.15, -0.1) is 0 Å². The number of hydrogen-bond acceptors (Lipinski definition) is 4. The third kappa shape index (κ3) is 2.57. The minimum atomic E-state index is -0.520. The fourth-order valence-corrected chi connectivity index (χ4v) is 1.60. The number of primary amides is 1. The van der Waals surface area contributed by atoms with Gasteiger partial charge in [0.2, 0.25) is 0 Å². The van der Waals surface area contributed by atoms with Crippen molar-refractivity contribution in [2.24, 2.45) is 5.73 Å². The van der Waals surface area contributed by atoms with Crippen LogP contribution in [0.15, 0.2) is 36.4 Å². The number of nitrogens with zero attached hydrogens (tertiary/aromatic N) is 1. The zero-order valence-corrected chi connectivity index (χ0v) is 9.97. The van der Waals surface area contributed by atoms with Gasteiger partial charge in [-0.3, -0.25) is 4.79 Å². The van der Waals surface area contributed by atoms with Crippen LogP contribution in [0.4, 0.5) is 17.2 Å². The maximum atomic E-state index is 11.3. The average Bonchev–Trinajstić information content (AvgIpc) is 2.28. The molecule has 0 radical (unpaired) electrons. The molecule has 1 heterocycles. The van der Waals surface area contributed by atoms with E-state index in [-0.39, 0.29) is 0 Å². The summed E-state index contributed by atoms with van der Waals surface area (Å²) in [5, 5.41) is 3.04. The molecule has 0 atom stereocenters. The first-order valence-corrected chi connectivity index (χ1v) is 5.46. The second-order valence-corrected chi connectivity index (χ2v) is 3.96. The Morgan fingerprint density at radius 3 is 2.72 bits per heavy atom. The highest BCUT2D eigenvalue weighted by Crippen LogP contribution is 2.20. The standard InChI is InChI=1S/C13H14N4O/c1-8-5-6-11(12(15)18)13(16-8)17-10-4-2-3-9(14)7-10/h2-7H,14H2,1H3,(H2,15,18)(H,16,17). The van der Waals surface area contributed by atoms with E-state index in [1.54, 1.807) is 24.3 Å². The van der Waals surface area contributed by atoms with Crippen LogP contribution >= 0.6 is 0 Å². The van der Waals surface area contributed by atoms with Crippen LogP contribution in [0.1, 0.15) is 16.1 Å². The highest BCUT2D eigenvalue weighted by Gasteiger charge is 2.10. The summed E-state index contributed by atoms with van der Waals surface area (Å²) in [6, 6.07) is 10.6. The van der Waals surface area contributed by atoms with Crippen molar-refractivity contribution in [1.29, 1.82) is 0 Å². The molecular formula is C13H14N4O. The number of nitrogens with two attached hydrogens (primary N) is 2. The van der Waals surface area contributed by atoms with Gasteiger partial charge in [-0.2, -0.15) is 0 Å². The van der Waals surface area contributed by atoms with Crippen molar-refractivity contribution >= 4 is 23.1 Å². The van der Waals surface area contributed by atoms with E-state index in [1.807, 2.05) is 19.1 Å². The van der Waals surface area contributed by atoms with Crippen LogP contribution in [-0.2, 0) is 0 Å². The number of nitrogen functional groups attached to an aromatic ring is 1. The molecule has 0 unspecified atom stereocenters. The second-order valence-electron chi connectivity index (χ2n) is 3.96. The number of aromatic nitrogens is 1. The summed E-state index contributed by atoms with van der Waals surface area (Å²) in [6.07, 6.45) is 0. The number of anilines is 3. The number of nitrogens with one attached hydrogen (secondary N) is 1. The monoisotopic (exact) mass is 242 g/mol. The molecule has 18 heavy (non-hydrogen) atoms. The van der Waals surface area contributed by atoms with E-state index in [9.17, 15) is 4.79 Å². The summed E-state index contributed by atoms with van der Waals surface area (Å²) in [6.45, 7) is 1.84. The topological polar surface area (TPSA) is 94.0 Å². The van der Waals surface area contributed by atoms with E-state index in [4.69, 9.17) is 11.5 Å². The first kappa shape index (κ1) is 11.9. The van der Waals surface area contributed by atoms with Gasteiger partial charge in [-0.1, -0.05) is 6.07 Å². The number of hydrogen-bond donors (Lipinski definition) is 3. The fraction of sp³-hybridized carbons (Fsp3) is 0.0769. The third-order valence-electron chi connectivity index (χ3n) is 2.45. The van der Waals surface area contributed by atoms with Gasteiger partial charge >= 0.3 is 0 Å². The van der Waals surface area contributed by atoms with Crippen molar-refractivity contribution < 1.29 is 4.79 Å².